The van der Waals surface area contributed by atoms with Crippen LogP contribution in [0.4, 0.5) is 0 Å². The molecule has 0 aliphatic heterocycles. The summed E-state index contributed by atoms with van der Waals surface area (Å²) in [4.78, 5) is 0. The fourth-order valence-corrected chi connectivity index (χ4v) is 5.65. The van der Waals surface area contributed by atoms with E-state index in [0.29, 0.717) is 5.56 Å². The monoisotopic (exact) mass is 519 g/mol. The molecule has 0 amide bonds. The Hall–Kier alpha value is -5.20. The van der Waals surface area contributed by atoms with Crippen molar-refractivity contribution in [2.45, 2.75) is 0 Å². The van der Waals surface area contributed by atoms with Gasteiger partial charge in [-0.15, -0.1) is 0 Å². The van der Waals surface area contributed by atoms with Crippen LogP contribution in [0, 0.1) is 0 Å². The Morgan fingerprint density at radius 3 is 1.55 bits per heavy atom. The highest BCUT2D eigenvalue weighted by Gasteiger charge is 2.17. The van der Waals surface area contributed by atoms with E-state index in [4.69, 9.17) is 15.1 Å². The van der Waals surface area contributed by atoms with Crippen molar-refractivity contribution in [1.29, 1.82) is 0 Å². The summed E-state index contributed by atoms with van der Waals surface area (Å²) in [6.07, 6.45) is 0. The van der Waals surface area contributed by atoms with E-state index in [1.54, 1.807) is 6.07 Å². The Kier molecular flexibility index (Phi) is 3.05. The van der Waals surface area contributed by atoms with Crippen molar-refractivity contribution in [2.24, 2.45) is 0 Å². The predicted octanol–water partition coefficient (Wildman–Crippen LogP) is 11.3. The van der Waals surface area contributed by atoms with Gasteiger partial charge in [-0.1, -0.05) is 145 Å². The van der Waals surface area contributed by atoms with Crippen molar-refractivity contribution < 1.29 is 17.8 Å². The van der Waals surface area contributed by atoms with Gasteiger partial charge < -0.3 is 0 Å². The van der Waals surface area contributed by atoms with Gasteiger partial charge >= 0.3 is 0 Å². The Morgan fingerprint density at radius 1 is 0.350 bits per heavy atom. The quantitative estimate of drug-likeness (QED) is 0.161. The summed E-state index contributed by atoms with van der Waals surface area (Å²) < 4.78 is 114. The third-order valence-electron chi connectivity index (χ3n) is 7.36. The van der Waals surface area contributed by atoms with Gasteiger partial charge in [-0.05, 0) is 88.6 Å². The summed E-state index contributed by atoms with van der Waals surface area (Å²) in [5.74, 6) is 0. The van der Waals surface area contributed by atoms with E-state index < -0.39 is 84.1 Å². The number of fused-ring (bicyclic) bond motifs is 5. The molecule has 0 heterocycles. The maximum atomic E-state index is 9.23. The first kappa shape index (κ1) is 13.2. The maximum absolute atomic E-state index is 9.23. The average Bonchev–Trinajstić information content (AvgIpc) is 3.18. The van der Waals surface area contributed by atoms with E-state index in [-0.39, 0.29) is 32.7 Å². The zero-order valence-corrected chi connectivity index (χ0v) is 21.0. The van der Waals surface area contributed by atoms with Crippen molar-refractivity contribution in [2.75, 3.05) is 0 Å². The summed E-state index contributed by atoms with van der Waals surface area (Å²) >= 11 is 0. The number of hydrogen-bond acceptors (Lipinski definition) is 0. The van der Waals surface area contributed by atoms with E-state index in [1.165, 1.54) is 0 Å². The van der Waals surface area contributed by atoms with E-state index in [2.05, 4.69) is 6.07 Å². The first-order chi connectivity index (χ1) is 25.3. The number of benzene rings is 8. The van der Waals surface area contributed by atoms with Crippen LogP contribution in [0.3, 0.4) is 0 Å². The second-order valence-corrected chi connectivity index (χ2v) is 9.52. The van der Waals surface area contributed by atoms with Gasteiger partial charge in [0, 0.05) is 0 Å². The number of hydrogen-bond donors (Lipinski definition) is 0. The number of rotatable bonds is 3. The molecule has 8 aromatic rings. The second kappa shape index (κ2) is 9.22. The molecule has 8 rings (SSSR count). The van der Waals surface area contributed by atoms with Crippen LogP contribution in [0.5, 0.6) is 0 Å². The molecule has 40 heavy (non-hydrogen) atoms. The molecular formula is C40H26. The van der Waals surface area contributed by atoms with E-state index >= 15 is 0 Å². The first-order valence-corrected chi connectivity index (χ1v) is 12.8. The third kappa shape index (κ3) is 3.54. The summed E-state index contributed by atoms with van der Waals surface area (Å²) in [7, 11) is 0. The van der Waals surface area contributed by atoms with Gasteiger partial charge in [-0.25, -0.2) is 0 Å². The molecular weight excluding hydrogens is 480 g/mol. The van der Waals surface area contributed by atoms with Gasteiger partial charge in [-0.3, -0.25) is 0 Å². The Bertz CT molecular complexity index is 2810. The molecule has 0 saturated carbocycles. The lowest BCUT2D eigenvalue weighted by molar-refractivity contribution is 1.65. The van der Waals surface area contributed by atoms with Crippen LogP contribution < -0.4 is 0 Å². The summed E-state index contributed by atoms with van der Waals surface area (Å²) in [5.41, 5.74) is 1.78. The Morgan fingerprint density at radius 2 is 0.900 bits per heavy atom. The van der Waals surface area contributed by atoms with Crippen LogP contribution in [0.15, 0.2) is 157 Å². The molecule has 0 aliphatic rings. The standard InChI is InChI=1S/C40H26/c1-3-13-27(14-4-1)37-25-29-23-24-30(26-38(29)32-18-8-7-17-31(32)37)40-35-21-11-9-19-33(35)39(28-15-5-2-6-16-28)34-20-10-12-22-36(34)40/h1-26H/i2D,5D,6D,9D,10D,11D,12D,15D,16D,19D,20D,21D,22D. The molecule has 0 radical (unpaired) electrons. The van der Waals surface area contributed by atoms with E-state index in [1.807, 2.05) is 66.7 Å². The molecule has 186 valence electrons. The van der Waals surface area contributed by atoms with Crippen LogP contribution in [-0.2, 0) is 0 Å². The minimum absolute atomic E-state index is 0.100. The minimum atomic E-state index is -0.704. The van der Waals surface area contributed by atoms with E-state index in [0.717, 1.165) is 32.7 Å². The molecule has 0 saturated heterocycles. The van der Waals surface area contributed by atoms with Gasteiger partial charge in [0.1, 0.15) is 0 Å². The molecule has 0 aliphatic carbocycles. The first-order valence-electron chi connectivity index (χ1n) is 19.3. The topological polar surface area (TPSA) is 0 Å². The lowest BCUT2D eigenvalue weighted by atomic mass is 9.85. The van der Waals surface area contributed by atoms with Crippen LogP contribution in [0.25, 0.3) is 76.5 Å². The highest BCUT2D eigenvalue weighted by molar-refractivity contribution is 6.22. The highest BCUT2D eigenvalue weighted by atomic mass is 14.2. The lowest BCUT2D eigenvalue weighted by Crippen LogP contribution is -1.91. The van der Waals surface area contributed by atoms with Gasteiger partial charge in [0.05, 0.1) is 17.8 Å². The van der Waals surface area contributed by atoms with Crippen molar-refractivity contribution in [1.82, 2.24) is 0 Å². The molecule has 0 fully saturated rings. The van der Waals surface area contributed by atoms with Gasteiger partial charge in [-0.2, -0.15) is 0 Å². The molecule has 0 unspecified atom stereocenters. The fraction of sp³-hybridized carbons (Fsp3) is 0. The smallest absolute Gasteiger partial charge is 0.0622 e. The van der Waals surface area contributed by atoms with Crippen molar-refractivity contribution in [3.63, 3.8) is 0 Å². The van der Waals surface area contributed by atoms with Crippen LogP contribution in [0.1, 0.15) is 17.8 Å². The molecule has 0 nitrogen and oxygen atoms in total. The largest absolute Gasteiger partial charge is 0.0629 e. The van der Waals surface area contributed by atoms with Crippen molar-refractivity contribution in [3.8, 4) is 33.4 Å². The molecule has 0 heteroatoms. The fourth-order valence-electron chi connectivity index (χ4n) is 5.65. The molecule has 0 atom stereocenters. The summed E-state index contributed by atoms with van der Waals surface area (Å²) in [5, 5.41) is 2.81. The Labute approximate surface area is 252 Å². The van der Waals surface area contributed by atoms with Gasteiger partial charge in [0.15, 0.2) is 0 Å². The van der Waals surface area contributed by atoms with E-state index in [9.17, 15) is 2.74 Å². The Balaban J connectivity index is 1.64. The summed E-state index contributed by atoms with van der Waals surface area (Å²) in [6, 6.07) is 17.1. The maximum Gasteiger partial charge on any atom is 0.0629 e. The molecule has 0 N–H and O–H groups in total. The normalized spacial score (nSPS) is 16.1. The minimum Gasteiger partial charge on any atom is -0.0622 e. The van der Waals surface area contributed by atoms with Crippen LogP contribution in [0.2, 0.25) is 0 Å². The van der Waals surface area contributed by atoms with Gasteiger partial charge in [0.2, 0.25) is 0 Å². The van der Waals surface area contributed by atoms with Crippen molar-refractivity contribution in [3.05, 3.63) is 157 Å². The summed E-state index contributed by atoms with van der Waals surface area (Å²) in [6.45, 7) is 0. The van der Waals surface area contributed by atoms with Gasteiger partial charge in [0.25, 0.3) is 0 Å². The molecule has 0 spiro atoms. The molecule has 8 aromatic carbocycles. The average molecular weight is 520 g/mol. The van der Waals surface area contributed by atoms with Crippen LogP contribution >= 0.6 is 0 Å². The third-order valence-corrected chi connectivity index (χ3v) is 7.36. The zero-order chi connectivity index (χ0) is 37.8. The van der Waals surface area contributed by atoms with Crippen LogP contribution in [-0.4, -0.2) is 0 Å². The lowest BCUT2D eigenvalue weighted by Gasteiger charge is -2.18. The zero-order valence-electron chi connectivity index (χ0n) is 34.0. The van der Waals surface area contributed by atoms with Crippen molar-refractivity contribution >= 4 is 43.1 Å². The highest BCUT2D eigenvalue weighted by Crippen LogP contribution is 2.45. The molecule has 0 bridgehead atoms. The SMILES string of the molecule is [2H]c1c([2H])c([2H])c(-c2c3c([2H])c([2H])c([2H])c([2H])c3c(-c3ccc4cc(-c5ccccc5)c5ccccc5c4c3)c3c([2H])c([2H])c([2H])c([2H])c23)c([2H])c1[2H]. The predicted molar refractivity (Wildman–Crippen MR) is 173 cm³/mol. The molecule has 0 aromatic heterocycles. The second-order valence-electron chi connectivity index (χ2n) is 9.52.